The highest BCUT2D eigenvalue weighted by Crippen LogP contribution is 2.16. The fourth-order valence-electron chi connectivity index (χ4n) is 2.15. The van der Waals surface area contributed by atoms with E-state index in [1.54, 1.807) is 10.5 Å². The fourth-order valence-corrected chi connectivity index (χ4v) is 3.55. The number of benzene rings is 1. The number of thiazole rings is 1. The van der Waals surface area contributed by atoms with E-state index in [1.165, 1.54) is 11.3 Å². The Morgan fingerprint density at radius 2 is 2.10 bits per heavy atom. The second kappa shape index (κ2) is 4.42. The zero-order valence-corrected chi connectivity index (χ0v) is 13.0. The number of imidazole rings is 1. The van der Waals surface area contributed by atoms with Gasteiger partial charge in [0.05, 0.1) is 11.0 Å². The van der Waals surface area contributed by atoms with Crippen molar-refractivity contribution in [3.63, 3.8) is 0 Å². The highest BCUT2D eigenvalue weighted by molar-refractivity contribution is 14.1. The molecular formula is C14H7IN2O2S. The maximum Gasteiger partial charge on any atom is 0.275 e. The van der Waals surface area contributed by atoms with Crippen molar-refractivity contribution >= 4 is 56.0 Å². The standard InChI is InChI=1S/C14H7IN2O2S/c15-12-6-5-8(19-12)7-11-13(18)17-10-4-2-1-3-9(10)16-14(17)20-11/h1-7H/b11-7-. The van der Waals surface area contributed by atoms with E-state index in [2.05, 4.69) is 27.6 Å². The van der Waals surface area contributed by atoms with Gasteiger partial charge in [-0.1, -0.05) is 23.5 Å². The molecule has 4 rings (SSSR count). The summed E-state index contributed by atoms with van der Waals surface area (Å²) >= 11 is 3.47. The van der Waals surface area contributed by atoms with Gasteiger partial charge in [-0.3, -0.25) is 4.79 Å². The van der Waals surface area contributed by atoms with Crippen LogP contribution in [0.3, 0.4) is 0 Å². The van der Waals surface area contributed by atoms with E-state index >= 15 is 0 Å². The predicted molar refractivity (Wildman–Crippen MR) is 87.1 cm³/mol. The van der Waals surface area contributed by atoms with E-state index in [0.717, 1.165) is 14.8 Å². The molecule has 0 unspecified atom stereocenters. The Kier molecular flexibility index (Phi) is 2.67. The Balaban J connectivity index is 2.05. The lowest BCUT2D eigenvalue weighted by molar-refractivity contribution is 0.528. The van der Waals surface area contributed by atoms with Gasteiger partial charge < -0.3 is 4.42 Å². The number of aromatic nitrogens is 2. The summed E-state index contributed by atoms with van der Waals surface area (Å²) in [5.41, 5.74) is 1.64. The van der Waals surface area contributed by atoms with E-state index in [4.69, 9.17) is 4.42 Å². The molecule has 6 heteroatoms. The highest BCUT2D eigenvalue weighted by atomic mass is 127. The van der Waals surface area contributed by atoms with Crippen molar-refractivity contribution in [1.29, 1.82) is 0 Å². The Bertz CT molecular complexity index is 1040. The lowest BCUT2D eigenvalue weighted by atomic mass is 10.3. The maximum atomic E-state index is 12.5. The van der Waals surface area contributed by atoms with Crippen molar-refractivity contribution in [3.05, 3.63) is 60.8 Å². The van der Waals surface area contributed by atoms with Crippen molar-refractivity contribution in [2.45, 2.75) is 0 Å². The van der Waals surface area contributed by atoms with Gasteiger partial charge in [0.2, 0.25) is 0 Å². The summed E-state index contributed by atoms with van der Waals surface area (Å²) < 4.78 is 8.55. The van der Waals surface area contributed by atoms with Crippen LogP contribution in [0.15, 0.2) is 45.6 Å². The molecule has 0 fully saturated rings. The minimum atomic E-state index is -0.0508. The molecule has 3 heterocycles. The Morgan fingerprint density at radius 3 is 2.90 bits per heavy atom. The van der Waals surface area contributed by atoms with Crippen LogP contribution in [0.2, 0.25) is 0 Å². The van der Waals surface area contributed by atoms with Crippen LogP contribution in [0.1, 0.15) is 5.76 Å². The van der Waals surface area contributed by atoms with Gasteiger partial charge >= 0.3 is 0 Å². The van der Waals surface area contributed by atoms with Gasteiger partial charge in [0, 0.05) is 6.08 Å². The molecular weight excluding hydrogens is 387 g/mol. The zero-order valence-electron chi connectivity index (χ0n) is 10.0. The third-order valence-corrected chi connectivity index (χ3v) is 4.56. The molecule has 4 nitrogen and oxygen atoms in total. The Hall–Kier alpha value is -1.67. The molecule has 0 saturated heterocycles. The summed E-state index contributed by atoms with van der Waals surface area (Å²) in [4.78, 5) is 17.7. The minimum Gasteiger partial charge on any atom is -0.451 e. The molecule has 0 atom stereocenters. The fraction of sp³-hybridized carbons (Fsp3) is 0. The molecule has 0 bridgehead atoms. The number of nitrogens with zero attached hydrogens (tertiary/aromatic N) is 2. The lowest BCUT2D eigenvalue weighted by Crippen LogP contribution is -2.22. The molecule has 98 valence electrons. The second-order valence-electron chi connectivity index (χ2n) is 4.28. The van der Waals surface area contributed by atoms with Crippen LogP contribution < -0.4 is 10.1 Å². The average molecular weight is 394 g/mol. The SMILES string of the molecule is O=c1/c(=C/c2ccc(I)o2)sc2nc3ccccc3n12. The van der Waals surface area contributed by atoms with E-state index in [9.17, 15) is 4.79 Å². The second-order valence-corrected chi connectivity index (χ2v) is 6.35. The van der Waals surface area contributed by atoms with Gasteiger partial charge in [-0.05, 0) is 46.9 Å². The van der Waals surface area contributed by atoms with Crippen molar-refractivity contribution in [3.8, 4) is 0 Å². The first-order valence-corrected chi connectivity index (χ1v) is 7.79. The van der Waals surface area contributed by atoms with Crippen LogP contribution in [0.4, 0.5) is 0 Å². The van der Waals surface area contributed by atoms with Crippen molar-refractivity contribution in [1.82, 2.24) is 9.38 Å². The molecule has 0 saturated carbocycles. The van der Waals surface area contributed by atoms with E-state index in [-0.39, 0.29) is 5.56 Å². The number of fused-ring (bicyclic) bond motifs is 3. The third-order valence-electron chi connectivity index (χ3n) is 3.01. The van der Waals surface area contributed by atoms with Crippen LogP contribution in [0.5, 0.6) is 0 Å². The van der Waals surface area contributed by atoms with E-state index in [1.807, 2.05) is 36.4 Å². The summed E-state index contributed by atoms with van der Waals surface area (Å²) in [6, 6.07) is 11.4. The molecule has 3 aromatic heterocycles. The highest BCUT2D eigenvalue weighted by Gasteiger charge is 2.10. The van der Waals surface area contributed by atoms with Crippen molar-refractivity contribution in [2.24, 2.45) is 0 Å². The number of hydrogen-bond acceptors (Lipinski definition) is 4. The lowest BCUT2D eigenvalue weighted by Gasteiger charge is -1.86. The first-order chi connectivity index (χ1) is 9.72. The van der Waals surface area contributed by atoms with Crippen LogP contribution in [0, 0.1) is 3.77 Å². The molecule has 0 amide bonds. The third kappa shape index (κ3) is 1.79. The molecule has 0 radical (unpaired) electrons. The molecule has 0 aliphatic heterocycles. The van der Waals surface area contributed by atoms with Gasteiger partial charge in [-0.2, -0.15) is 0 Å². The largest absolute Gasteiger partial charge is 0.451 e. The number of rotatable bonds is 1. The van der Waals surface area contributed by atoms with Crippen LogP contribution in [0.25, 0.3) is 22.1 Å². The number of hydrogen-bond donors (Lipinski definition) is 0. The molecule has 0 spiro atoms. The summed E-state index contributed by atoms with van der Waals surface area (Å²) in [6.45, 7) is 0. The maximum absolute atomic E-state index is 12.5. The van der Waals surface area contributed by atoms with Crippen LogP contribution in [-0.4, -0.2) is 9.38 Å². The summed E-state index contributed by atoms with van der Waals surface area (Å²) in [5.74, 6) is 0.681. The van der Waals surface area contributed by atoms with E-state index in [0.29, 0.717) is 15.3 Å². The van der Waals surface area contributed by atoms with Gasteiger partial charge in [0.15, 0.2) is 8.73 Å². The Labute approximate surface area is 130 Å². The van der Waals surface area contributed by atoms with Gasteiger partial charge in [0.25, 0.3) is 5.56 Å². The zero-order chi connectivity index (χ0) is 13.7. The number of furan rings is 1. The van der Waals surface area contributed by atoms with Crippen molar-refractivity contribution in [2.75, 3.05) is 0 Å². The minimum absolute atomic E-state index is 0.0508. The van der Waals surface area contributed by atoms with E-state index < -0.39 is 0 Å². The van der Waals surface area contributed by atoms with Crippen molar-refractivity contribution < 1.29 is 4.42 Å². The summed E-state index contributed by atoms with van der Waals surface area (Å²) in [7, 11) is 0. The smallest absolute Gasteiger partial charge is 0.275 e. The quantitative estimate of drug-likeness (QED) is 0.467. The summed E-state index contributed by atoms with van der Waals surface area (Å²) in [6.07, 6.45) is 1.76. The first-order valence-electron chi connectivity index (χ1n) is 5.89. The van der Waals surface area contributed by atoms with Gasteiger partial charge in [0.1, 0.15) is 10.3 Å². The molecule has 0 aliphatic rings. The predicted octanol–water partition coefficient (Wildman–Crippen LogP) is 2.65. The molecule has 20 heavy (non-hydrogen) atoms. The van der Waals surface area contributed by atoms with Crippen LogP contribution in [-0.2, 0) is 0 Å². The van der Waals surface area contributed by atoms with Gasteiger partial charge in [-0.25, -0.2) is 9.38 Å². The Morgan fingerprint density at radius 1 is 1.25 bits per heavy atom. The molecule has 1 aromatic carbocycles. The normalized spacial score (nSPS) is 12.8. The summed E-state index contributed by atoms with van der Waals surface area (Å²) in [5, 5.41) is 0. The molecule has 4 aromatic rings. The molecule has 0 aliphatic carbocycles. The number of para-hydroxylation sites is 2. The average Bonchev–Trinajstić information content (AvgIpc) is 3.07. The van der Waals surface area contributed by atoms with Crippen LogP contribution >= 0.6 is 33.9 Å². The first kappa shape index (κ1) is 12.1. The molecule has 0 N–H and O–H groups in total. The monoisotopic (exact) mass is 394 g/mol. The topological polar surface area (TPSA) is 47.5 Å². The van der Waals surface area contributed by atoms with Gasteiger partial charge in [-0.15, -0.1) is 0 Å². The number of halogens is 1.